The van der Waals surface area contributed by atoms with Crippen LogP contribution in [0.15, 0.2) is 0 Å². The van der Waals surface area contributed by atoms with Gasteiger partial charge in [0.2, 0.25) is 5.13 Å². The van der Waals surface area contributed by atoms with E-state index in [1.165, 1.54) is 0 Å². The summed E-state index contributed by atoms with van der Waals surface area (Å²) in [4.78, 5) is 11.5. The Balaban J connectivity index is 2.49. The summed E-state index contributed by atoms with van der Waals surface area (Å²) in [6.45, 7) is 3.44. The van der Waals surface area contributed by atoms with E-state index in [4.69, 9.17) is 5.11 Å². The summed E-state index contributed by atoms with van der Waals surface area (Å²) in [7, 11) is 0. The lowest BCUT2D eigenvalue weighted by Crippen LogP contribution is -2.40. The molecule has 2 amide bonds. The molecule has 0 spiro atoms. The maximum atomic E-state index is 12.2. The van der Waals surface area contributed by atoms with Gasteiger partial charge in [0.05, 0.1) is 0 Å². The Labute approximate surface area is 106 Å². The Morgan fingerprint density at radius 2 is 2.11 bits per heavy atom. The molecule has 0 aliphatic rings. The molecule has 0 saturated heterocycles. The molecule has 0 aromatic carbocycles. The second-order valence-corrected chi connectivity index (χ2v) is 4.80. The van der Waals surface area contributed by atoms with E-state index >= 15 is 0 Å². The molecule has 0 saturated carbocycles. The van der Waals surface area contributed by atoms with Crippen LogP contribution in [0.3, 0.4) is 0 Å². The van der Waals surface area contributed by atoms with E-state index in [0.717, 1.165) is 0 Å². The number of amides is 2. The number of anilines is 1. The lowest BCUT2D eigenvalue weighted by atomic mass is 10.1. The first-order chi connectivity index (χ1) is 8.43. The zero-order chi connectivity index (χ0) is 13.7. The number of urea groups is 1. The molecule has 3 N–H and O–H groups in total. The van der Waals surface area contributed by atoms with Crippen molar-refractivity contribution < 1.29 is 18.7 Å². The number of rotatable bonds is 5. The van der Waals surface area contributed by atoms with Gasteiger partial charge in [-0.25, -0.2) is 13.6 Å². The Morgan fingerprint density at radius 1 is 1.44 bits per heavy atom. The van der Waals surface area contributed by atoms with Crippen molar-refractivity contribution in [2.24, 2.45) is 5.92 Å². The third-order valence-corrected chi connectivity index (χ3v) is 3.19. The van der Waals surface area contributed by atoms with Crippen molar-refractivity contribution in [3.63, 3.8) is 0 Å². The van der Waals surface area contributed by atoms with Crippen molar-refractivity contribution in [3.05, 3.63) is 5.01 Å². The Bertz CT molecular complexity index is 402. The van der Waals surface area contributed by atoms with Gasteiger partial charge in [-0.2, -0.15) is 0 Å². The smallest absolute Gasteiger partial charge is 0.321 e. The number of aliphatic hydroxyl groups excluding tert-OH is 1. The van der Waals surface area contributed by atoms with Crippen LogP contribution in [-0.4, -0.2) is 34.0 Å². The highest BCUT2D eigenvalue weighted by Crippen LogP contribution is 2.24. The van der Waals surface area contributed by atoms with Gasteiger partial charge in [-0.3, -0.25) is 5.32 Å². The fraction of sp³-hybridized carbons (Fsp3) is 0.667. The van der Waals surface area contributed by atoms with E-state index in [1.54, 1.807) is 13.8 Å². The van der Waals surface area contributed by atoms with E-state index in [0.29, 0.717) is 11.3 Å². The summed E-state index contributed by atoms with van der Waals surface area (Å²) in [5.41, 5.74) is 0. The first-order valence-corrected chi connectivity index (χ1v) is 6.05. The van der Waals surface area contributed by atoms with Gasteiger partial charge in [0.25, 0.3) is 6.43 Å². The largest absolute Gasteiger partial charge is 0.396 e. The molecule has 0 aliphatic carbocycles. The fourth-order valence-corrected chi connectivity index (χ4v) is 1.61. The van der Waals surface area contributed by atoms with E-state index < -0.39 is 17.5 Å². The minimum absolute atomic E-state index is 0.00616. The molecule has 0 bridgehead atoms. The third-order valence-electron chi connectivity index (χ3n) is 2.35. The standard InChI is InChI=1S/C9H14F2N4O2S/c1-4(3-16)5(2)12-8(17)13-9-15-14-7(18-9)6(10)11/h4-6,16H,3H2,1-2H3,(H2,12,13,15,17). The van der Waals surface area contributed by atoms with Crippen LogP contribution in [0.5, 0.6) is 0 Å². The monoisotopic (exact) mass is 280 g/mol. The van der Waals surface area contributed by atoms with Crippen molar-refractivity contribution in [3.8, 4) is 0 Å². The van der Waals surface area contributed by atoms with Crippen molar-refractivity contribution in [1.29, 1.82) is 0 Å². The summed E-state index contributed by atoms with van der Waals surface area (Å²) in [5, 5.41) is 20.0. The molecule has 2 atom stereocenters. The van der Waals surface area contributed by atoms with E-state index in [2.05, 4.69) is 20.8 Å². The number of aliphatic hydroxyl groups is 1. The molecule has 18 heavy (non-hydrogen) atoms. The van der Waals surface area contributed by atoms with Gasteiger partial charge in [0, 0.05) is 12.6 Å². The molecule has 6 nitrogen and oxygen atoms in total. The number of halogens is 2. The maximum absolute atomic E-state index is 12.2. The van der Waals surface area contributed by atoms with Crippen molar-refractivity contribution in [1.82, 2.24) is 15.5 Å². The quantitative estimate of drug-likeness (QED) is 0.764. The number of hydrogen-bond acceptors (Lipinski definition) is 5. The van der Waals surface area contributed by atoms with Crippen molar-refractivity contribution in [2.75, 3.05) is 11.9 Å². The summed E-state index contributed by atoms with van der Waals surface area (Å²) >= 11 is 0.617. The van der Waals surface area contributed by atoms with Gasteiger partial charge in [0.1, 0.15) is 0 Å². The number of alkyl halides is 2. The molecule has 0 fully saturated rings. The predicted octanol–water partition coefficient (Wildman–Crippen LogP) is 1.61. The van der Waals surface area contributed by atoms with Crippen LogP contribution in [0.2, 0.25) is 0 Å². The summed E-state index contributed by atoms with van der Waals surface area (Å²) < 4.78 is 24.5. The van der Waals surface area contributed by atoms with E-state index in [1.807, 2.05) is 0 Å². The summed E-state index contributed by atoms with van der Waals surface area (Å²) in [6.07, 6.45) is -2.70. The average molecular weight is 280 g/mol. The summed E-state index contributed by atoms with van der Waals surface area (Å²) in [5.74, 6) is -0.109. The molecule has 0 radical (unpaired) electrons. The lowest BCUT2D eigenvalue weighted by Gasteiger charge is -2.18. The predicted molar refractivity (Wildman–Crippen MR) is 62.7 cm³/mol. The molecular formula is C9H14F2N4O2S. The normalized spacial score (nSPS) is 14.3. The molecule has 102 valence electrons. The van der Waals surface area contributed by atoms with Crippen LogP contribution in [0.1, 0.15) is 25.3 Å². The molecule has 1 rings (SSSR count). The number of aromatic nitrogens is 2. The second kappa shape index (κ2) is 6.55. The first kappa shape index (κ1) is 14.7. The van der Waals surface area contributed by atoms with Crippen LogP contribution in [0.4, 0.5) is 18.7 Å². The van der Waals surface area contributed by atoms with Crippen LogP contribution in [0.25, 0.3) is 0 Å². The van der Waals surface area contributed by atoms with Gasteiger partial charge >= 0.3 is 6.03 Å². The minimum Gasteiger partial charge on any atom is -0.396 e. The van der Waals surface area contributed by atoms with Crippen LogP contribution in [-0.2, 0) is 0 Å². The van der Waals surface area contributed by atoms with Crippen LogP contribution in [0, 0.1) is 5.92 Å². The second-order valence-electron chi connectivity index (χ2n) is 3.79. The summed E-state index contributed by atoms with van der Waals surface area (Å²) in [6, 6.07) is -0.822. The zero-order valence-electron chi connectivity index (χ0n) is 9.85. The van der Waals surface area contributed by atoms with Crippen molar-refractivity contribution >= 4 is 22.5 Å². The van der Waals surface area contributed by atoms with Crippen LogP contribution < -0.4 is 10.6 Å². The number of nitrogens with zero attached hydrogens (tertiary/aromatic N) is 2. The van der Waals surface area contributed by atoms with E-state index in [9.17, 15) is 13.6 Å². The number of carbonyl (C=O) groups is 1. The Hall–Kier alpha value is -1.35. The SMILES string of the molecule is CC(CO)C(C)NC(=O)Nc1nnc(C(F)F)s1. The highest BCUT2D eigenvalue weighted by Gasteiger charge is 2.17. The Kier molecular flexibility index (Phi) is 5.35. The Morgan fingerprint density at radius 3 is 2.61 bits per heavy atom. The third kappa shape index (κ3) is 4.15. The lowest BCUT2D eigenvalue weighted by molar-refractivity contribution is 0.150. The maximum Gasteiger partial charge on any atom is 0.321 e. The number of nitrogens with one attached hydrogen (secondary N) is 2. The average Bonchev–Trinajstić information content (AvgIpc) is 2.76. The van der Waals surface area contributed by atoms with E-state index in [-0.39, 0.29) is 23.7 Å². The fourth-order valence-electron chi connectivity index (χ4n) is 1.01. The zero-order valence-corrected chi connectivity index (χ0v) is 10.7. The van der Waals surface area contributed by atoms with Crippen LogP contribution >= 0.6 is 11.3 Å². The molecule has 1 aromatic heterocycles. The molecule has 1 heterocycles. The topological polar surface area (TPSA) is 87.1 Å². The van der Waals surface area contributed by atoms with Gasteiger partial charge in [-0.15, -0.1) is 10.2 Å². The number of carbonyl (C=O) groups excluding carboxylic acids is 1. The molecule has 1 aromatic rings. The van der Waals surface area contributed by atoms with Gasteiger partial charge < -0.3 is 10.4 Å². The molecular weight excluding hydrogens is 266 g/mol. The van der Waals surface area contributed by atoms with Gasteiger partial charge in [-0.05, 0) is 12.8 Å². The van der Waals surface area contributed by atoms with Gasteiger partial charge in [0.15, 0.2) is 5.01 Å². The molecule has 2 unspecified atom stereocenters. The highest BCUT2D eigenvalue weighted by molar-refractivity contribution is 7.15. The van der Waals surface area contributed by atoms with Gasteiger partial charge in [-0.1, -0.05) is 18.3 Å². The number of hydrogen-bond donors (Lipinski definition) is 3. The first-order valence-electron chi connectivity index (χ1n) is 5.24. The molecule has 9 heteroatoms. The van der Waals surface area contributed by atoms with Crippen molar-refractivity contribution in [2.45, 2.75) is 26.3 Å². The highest BCUT2D eigenvalue weighted by atomic mass is 32.1. The molecule has 0 aliphatic heterocycles. The minimum atomic E-state index is -2.70.